The number of carbonyl (C=O) groups excluding carboxylic acids is 2. The van der Waals surface area contributed by atoms with Gasteiger partial charge in [-0.25, -0.2) is 9.59 Å². The molecule has 0 aromatic carbocycles. The lowest BCUT2D eigenvalue weighted by Gasteiger charge is -2.38. The molecule has 7 nitrogen and oxygen atoms in total. The molecule has 0 bridgehead atoms. The van der Waals surface area contributed by atoms with E-state index in [1.165, 1.54) is 0 Å². The van der Waals surface area contributed by atoms with Crippen LogP contribution in [-0.4, -0.2) is 51.1 Å². The van der Waals surface area contributed by atoms with Gasteiger partial charge in [-0.15, -0.1) is 0 Å². The Bertz CT molecular complexity index is 731. The van der Waals surface area contributed by atoms with Gasteiger partial charge in [0.15, 0.2) is 0 Å². The molecule has 1 aliphatic rings. The minimum Gasteiger partial charge on any atom is -0.444 e. The van der Waals surface area contributed by atoms with Crippen LogP contribution in [0.2, 0.25) is 0 Å². The summed E-state index contributed by atoms with van der Waals surface area (Å²) in [6.45, 7) is 12.8. The number of isocyanates is 1. The predicted octanol–water partition coefficient (Wildman–Crippen LogP) is 4.05. The summed E-state index contributed by atoms with van der Waals surface area (Å²) in [5.41, 5.74) is -0.246. The second-order valence-corrected chi connectivity index (χ2v) is 9.88. The molecule has 0 spiro atoms. The first-order valence-electron chi connectivity index (χ1n) is 9.17. The maximum atomic E-state index is 12.3. The van der Waals surface area contributed by atoms with E-state index in [0.29, 0.717) is 32.4 Å². The highest BCUT2D eigenvalue weighted by molar-refractivity contribution is 9.10. The van der Waals surface area contributed by atoms with Gasteiger partial charge < -0.3 is 9.64 Å². The smallest absolute Gasteiger partial charge is 0.410 e. The van der Waals surface area contributed by atoms with Gasteiger partial charge in [0.2, 0.25) is 6.08 Å². The summed E-state index contributed by atoms with van der Waals surface area (Å²) in [6, 6.07) is 0. The third-order valence-electron chi connectivity index (χ3n) is 4.57. The summed E-state index contributed by atoms with van der Waals surface area (Å²) in [5.74, 6) is 0. The Hall–Kier alpha value is -1.66. The van der Waals surface area contributed by atoms with Gasteiger partial charge in [-0.2, -0.15) is 10.1 Å². The number of likely N-dealkylation sites (tertiary alicyclic amines) is 1. The zero-order chi connectivity index (χ0) is 20.5. The molecule has 1 aromatic rings. The van der Waals surface area contributed by atoms with Crippen molar-refractivity contribution in [2.45, 2.75) is 77.5 Å². The van der Waals surface area contributed by atoms with E-state index < -0.39 is 11.1 Å². The largest absolute Gasteiger partial charge is 0.444 e. The lowest BCUT2D eigenvalue weighted by Crippen LogP contribution is -2.48. The molecule has 0 aliphatic carbocycles. The molecule has 0 N–H and O–H groups in total. The molecule has 8 heteroatoms. The summed E-state index contributed by atoms with van der Waals surface area (Å²) in [5, 5.41) is 4.53. The molecule has 1 amide bonds. The van der Waals surface area contributed by atoms with Crippen LogP contribution in [-0.2, 0) is 21.5 Å². The van der Waals surface area contributed by atoms with Crippen molar-refractivity contribution in [3.8, 4) is 0 Å². The summed E-state index contributed by atoms with van der Waals surface area (Å²) in [4.78, 5) is 29.2. The fraction of sp³-hybridized carbons (Fsp3) is 0.737. The molecule has 0 radical (unpaired) electrons. The molecular weight excluding hydrogens is 412 g/mol. The highest BCUT2D eigenvalue weighted by Crippen LogP contribution is 2.33. The van der Waals surface area contributed by atoms with Gasteiger partial charge in [-0.3, -0.25) is 4.68 Å². The number of amides is 1. The lowest BCUT2D eigenvalue weighted by atomic mass is 9.83. The van der Waals surface area contributed by atoms with Gasteiger partial charge in [0.1, 0.15) is 10.2 Å². The molecule has 1 aromatic heterocycles. The van der Waals surface area contributed by atoms with Crippen LogP contribution in [0.15, 0.2) is 15.8 Å². The van der Waals surface area contributed by atoms with Crippen LogP contribution in [0.4, 0.5) is 4.79 Å². The van der Waals surface area contributed by atoms with Crippen LogP contribution < -0.4 is 0 Å². The Balaban J connectivity index is 2.14. The molecule has 27 heavy (non-hydrogen) atoms. The van der Waals surface area contributed by atoms with Crippen molar-refractivity contribution >= 4 is 28.1 Å². The van der Waals surface area contributed by atoms with E-state index >= 15 is 0 Å². The van der Waals surface area contributed by atoms with Gasteiger partial charge in [0.05, 0.1) is 11.1 Å². The van der Waals surface area contributed by atoms with Gasteiger partial charge >= 0.3 is 6.09 Å². The first-order valence-corrected chi connectivity index (χ1v) is 9.96. The zero-order valence-electron chi connectivity index (χ0n) is 17.0. The monoisotopic (exact) mass is 440 g/mol. The SMILES string of the molecule is CC(C)(C)OC(=O)N1CCC(Cc2cn(C(C)(C)C)nc2Br)(N=C=O)CC1. The molecule has 1 fully saturated rings. The average Bonchev–Trinajstić information content (AvgIpc) is 2.87. The second kappa shape index (κ2) is 7.76. The molecule has 0 atom stereocenters. The number of ether oxygens (including phenoxy) is 1. The fourth-order valence-electron chi connectivity index (χ4n) is 3.06. The van der Waals surface area contributed by atoms with Crippen LogP contribution in [0, 0.1) is 0 Å². The first kappa shape index (κ1) is 21.6. The maximum absolute atomic E-state index is 12.3. The van der Waals surface area contributed by atoms with Crippen molar-refractivity contribution in [3.05, 3.63) is 16.4 Å². The van der Waals surface area contributed by atoms with Crippen LogP contribution in [0.3, 0.4) is 0 Å². The molecule has 2 heterocycles. The third-order valence-corrected chi connectivity index (χ3v) is 5.24. The minimum absolute atomic E-state index is 0.137. The van der Waals surface area contributed by atoms with E-state index in [2.05, 4.69) is 46.8 Å². The Labute approximate surface area is 169 Å². The van der Waals surface area contributed by atoms with E-state index in [1.807, 2.05) is 31.6 Å². The second-order valence-electron chi connectivity index (χ2n) is 9.13. The molecular formula is C19H29BrN4O3. The molecule has 1 saturated heterocycles. The molecule has 2 rings (SSSR count). The number of aromatic nitrogens is 2. The Morgan fingerprint density at radius 3 is 2.33 bits per heavy atom. The topological polar surface area (TPSA) is 76.8 Å². The molecule has 0 unspecified atom stereocenters. The number of halogens is 1. The standard InChI is InChI=1S/C19H29BrN4O3/c1-17(2,3)24-12-14(15(20)22-24)11-19(21-13-25)7-9-23(10-8-19)16(26)27-18(4,5)6/h12H,7-11H2,1-6H3. The molecule has 1 aliphatic heterocycles. The average molecular weight is 441 g/mol. The van der Waals surface area contributed by atoms with Crippen molar-refractivity contribution in [2.75, 3.05) is 13.1 Å². The van der Waals surface area contributed by atoms with Crippen LogP contribution in [0.1, 0.15) is 59.9 Å². The number of aliphatic imine (C=N–C) groups is 1. The number of nitrogens with zero attached hydrogens (tertiary/aromatic N) is 4. The minimum atomic E-state index is -0.575. The third kappa shape index (κ3) is 5.66. The van der Waals surface area contributed by atoms with E-state index in [9.17, 15) is 9.59 Å². The highest BCUT2D eigenvalue weighted by atomic mass is 79.9. The maximum Gasteiger partial charge on any atom is 0.410 e. The Kier molecular flexibility index (Phi) is 6.22. The summed E-state index contributed by atoms with van der Waals surface area (Å²) in [7, 11) is 0. The van der Waals surface area contributed by atoms with Crippen molar-refractivity contribution in [1.29, 1.82) is 0 Å². The van der Waals surface area contributed by atoms with Gasteiger partial charge in [-0.05, 0) is 70.3 Å². The van der Waals surface area contributed by atoms with Gasteiger partial charge in [0.25, 0.3) is 0 Å². The number of piperidine rings is 1. The van der Waals surface area contributed by atoms with Crippen molar-refractivity contribution in [1.82, 2.24) is 14.7 Å². The van der Waals surface area contributed by atoms with Crippen LogP contribution >= 0.6 is 15.9 Å². The fourth-order valence-corrected chi connectivity index (χ4v) is 3.48. The van der Waals surface area contributed by atoms with Crippen LogP contribution in [0.5, 0.6) is 0 Å². The van der Waals surface area contributed by atoms with Crippen molar-refractivity contribution < 1.29 is 14.3 Å². The highest BCUT2D eigenvalue weighted by Gasteiger charge is 2.38. The Morgan fingerprint density at radius 1 is 1.30 bits per heavy atom. The van der Waals surface area contributed by atoms with Crippen molar-refractivity contribution in [3.63, 3.8) is 0 Å². The Morgan fingerprint density at radius 2 is 1.89 bits per heavy atom. The van der Waals surface area contributed by atoms with Crippen molar-refractivity contribution in [2.24, 2.45) is 4.99 Å². The summed E-state index contributed by atoms with van der Waals surface area (Å²) < 4.78 is 8.10. The number of rotatable bonds is 3. The van der Waals surface area contributed by atoms with E-state index in [0.717, 1.165) is 10.2 Å². The number of hydrogen-bond donors (Lipinski definition) is 0. The summed E-state index contributed by atoms with van der Waals surface area (Å²) in [6.07, 6.45) is 5.13. The first-order chi connectivity index (χ1) is 12.4. The summed E-state index contributed by atoms with van der Waals surface area (Å²) >= 11 is 3.52. The van der Waals surface area contributed by atoms with Crippen LogP contribution in [0.25, 0.3) is 0 Å². The zero-order valence-corrected chi connectivity index (χ0v) is 18.6. The van der Waals surface area contributed by atoms with Gasteiger partial charge in [-0.1, -0.05) is 0 Å². The normalized spacial score (nSPS) is 17.4. The molecule has 0 saturated carbocycles. The number of hydrogen-bond acceptors (Lipinski definition) is 5. The van der Waals surface area contributed by atoms with E-state index in [-0.39, 0.29) is 11.6 Å². The lowest BCUT2D eigenvalue weighted by molar-refractivity contribution is 0.0170. The number of carbonyl (C=O) groups is 1. The van der Waals surface area contributed by atoms with Gasteiger partial charge in [0, 0.05) is 31.3 Å². The van der Waals surface area contributed by atoms with E-state index in [4.69, 9.17) is 4.74 Å². The molecule has 150 valence electrons. The quantitative estimate of drug-likeness (QED) is 0.524. The predicted molar refractivity (Wildman–Crippen MR) is 107 cm³/mol. The van der Waals surface area contributed by atoms with E-state index in [1.54, 1.807) is 11.0 Å².